The minimum Gasteiger partial charge on any atom is -0.287 e. The van der Waals surface area contributed by atoms with Gasteiger partial charge in [-0.25, -0.2) is 8.42 Å². The Morgan fingerprint density at radius 3 is 2.80 bits per heavy atom. The van der Waals surface area contributed by atoms with Crippen molar-refractivity contribution in [3.63, 3.8) is 0 Å². The largest absolute Gasteiger partial charge is 0.287 e. The molecule has 86 valence electrons. The van der Waals surface area contributed by atoms with Gasteiger partial charge in [0.2, 0.25) is 0 Å². The summed E-state index contributed by atoms with van der Waals surface area (Å²) < 4.78 is 22.9. The summed E-state index contributed by atoms with van der Waals surface area (Å²) in [4.78, 5) is 1.98. The molecule has 0 amide bonds. The number of hydrogen-bond donors (Lipinski definition) is 0. The van der Waals surface area contributed by atoms with Crippen molar-refractivity contribution in [3.8, 4) is 6.07 Å². The standard InChI is InChI=1S/C10H18N2O2S/c1-2-7-15(13,14)8-6-12-5-3-4-10(12)9-11/h10H,2-8H2,1H3. The highest BCUT2D eigenvalue weighted by Crippen LogP contribution is 2.15. The van der Waals surface area contributed by atoms with Crippen LogP contribution >= 0.6 is 0 Å². The zero-order valence-corrected chi connectivity index (χ0v) is 9.96. The second-order valence-corrected chi connectivity index (χ2v) is 6.28. The van der Waals surface area contributed by atoms with E-state index < -0.39 is 9.84 Å². The van der Waals surface area contributed by atoms with E-state index in [9.17, 15) is 8.42 Å². The molecule has 0 aromatic carbocycles. The van der Waals surface area contributed by atoms with E-state index in [2.05, 4.69) is 6.07 Å². The lowest BCUT2D eigenvalue weighted by Gasteiger charge is -2.18. The SMILES string of the molecule is CCCS(=O)(=O)CCN1CCCC1C#N. The summed E-state index contributed by atoms with van der Waals surface area (Å²) >= 11 is 0. The first-order chi connectivity index (χ1) is 7.09. The molecule has 1 saturated heterocycles. The normalized spacial score (nSPS) is 22.8. The topological polar surface area (TPSA) is 61.2 Å². The van der Waals surface area contributed by atoms with Gasteiger partial charge in [-0.05, 0) is 25.8 Å². The number of hydrogen-bond acceptors (Lipinski definition) is 4. The number of sulfone groups is 1. The van der Waals surface area contributed by atoms with Gasteiger partial charge < -0.3 is 0 Å². The number of rotatable bonds is 5. The Hall–Kier alpha value is -0.600. The minimum atomic E-state index is -2.90. The summed E-state index contributed by atoms with van der Waals surface area (Å²) in [6.45, 7) is 3.24. The molecule has 0 spiro atoms. The first-order valence-corrected chi connectivity index (χ1v) is 7.25. The van der Waals surface area contributed by atoms with E-state index in [1.807, 2.05) is 11.8 Å². The van der Waals surface area contributed by atoms with E-state index in [0.717, 1.165) is 19.4 Å². The van der Waals surface area contributed by atoms with Crippen LogP contribution in [0.25, 0.3) is 0 Å². The molecule has 1 atom stereocenters. The highest BCUT2D eigenvalue weighted by molar-refractivity contribution is 7.91. The molecule has 0 aromatic heterocycles. The molecule has 0 N–H and O–H groups in total. The van der Waals surface area contributed by atoms with Gasteiger partial charge in [-0.2, -0.15) is 5.26 Å². The van der Waals surface area contributed by atoms with Gasteiger partial charge in [0, 0.05) is 12.3 Å². The van der Waals surface area contributed by atoms with Crippen LogP contribution in [0, 0.1) is 11.3 Å². The van der Waals surface area contributed by atoms with Crippen LogP contribution in [-0.4, -0.2) is 44.0 Å². The smallest absolute Gasteiger partial charge is 0.151 e. The van der Waals surface area contributed by atoms with E-state index in [-0.39, 0.29) is 17.5 Å². The predicted octanol–water partition coefficient (Wildman–Crippen LogP) is 0.799. The fourth-order valence-electron chi connectivity index (χ4n) is 1.91. The van der Waals surface area contributed by atoms with Crippen LogP contribution in [0.2, 0.25) is 0 Å². The van der Waals surface area contributed by atoms with Crippen LogP contribution < -0.4 is 0 Å². The predicted molar refractivity (Wildman–Crippen MR) is 59.2 cm³/mol. The van der Waals surface area contributed by atoms with Crippen molar-refractivity contribution in [1.82, 2.24) is 4.90 Å². The van der Waals surface area contributed by atoms with Crippen molar-refractivity contribution >= 4 is 9.84 Å². The number of likely N-dealkylation sites (tertiary alicyclic amines) is 1. The second kappa shape index (κ2) is 5.47. The summed E-state index contributed by atoms with van der Waals surface area (Å²) in [6, 6.07) is 2.15. The third kappa shape index (κ3) is 3.80. The van der Waals surface area contributed by atoms with E-state index >= 15 is 0 Å². The van der Waals surface area contributed by atoms with Crippen molar-refractivity contribution in [1.29, 1.82) is 5.26 Å². The van der Waals surface area contributed by atoms with Crippen LogP contribution in [0.5, 0.6) is 0 Å². The Morgan fingerprint density at radius 2 is 2.20 bits per heavy atom. The van der Waals surface area contributed by atoms with Gasteiger partial charge in [0.15, 0.2) is 9.84 Å². The van der Waals surface area contributed by atoms with Gasteiger partial charge in [-0.1, -0.05) is 6.92 Å². The Morgan fingerprint density at radius 1 is 1.47 bits per heavy atom. The van der Waals surface area contributed by atoms with Crippen molar-refractivity contribution in [2.24, 2.45) is 0 Å². The van der Waals surface area contributed by atoms with Crippen LogP contribution in [0.1, 0.15) is 26.2 Å². The lowest BCUT2D eigenvalue weighted by Crippen LogP contribution is -2.33. The second-order valence-electron chi connectivity index (χ2n) is 3.97. The molecule has 0 bridgehead atoms. The highest BCUT2D eigenvalue weighted by Gasteiger charge is 2.25. The Balaban J connectivity index is 2.40. The molecule has 1 rings (SSSR count). The van der Waals surface area contributed by atoms with Crippen molar-refractivity contribution in [2.75, 3.05) is 24.6 Å². The minimum absolute atomic E-state index is 0.0678. The molecule has 1 heterocycles. The maximum absolute atomic E-state index is 11.5. The average Bonchev–Trinajstić information content (AvgIpc) is 2.62. The molecule has 4 nitrogen and oxygen atoms in total. The zero-order chi connectivity index (χ0) is 11.3. The lowest BCUT2D eigenvalue weighted by molar-refractivity contribution is 0.312. The third-order valence-corrected chi connectivity index (χ3v) is 4.55. The molecule has 1 aliphatic heterocycles. The Kier molecular flexibility index (Phi) is 4.55. The Labute approximate surface area is 91.8 Å². The summed E-state index contributed by atoms with van der Waals surface area (Å²) in [7, 11) is -2.90. The maximum Gasteiger partial charge on any atom is 0.151 e. The molecular formula is C10H18N2O2S. The van der Waals surface area contributed by atoms with E-state index in [0.29, 0.717) is 13.0 Å². The molecule has 0 radical (unpaired) electrons. The fourth-order valence-corrected chi connectivity index (χ4v) is 3.25. The third-order valence-electron chi connectivity index (χ3n) is 2.72. The number of nitrogens with zero attached hydrogens (tertiary/aromatic N) is 2. The van der Waals surface area contributed by atoms with Crippen LogP contribution in [0.3, 0.4) is 0 Å². The van der Waals surface area contributed by atoms with Gasteiger partial charge in [0.1, 0.15) is 0 Å². The van der Waals surface area contributed by atoms with Crippen molar-refractivity contribution in [3.05, 3.63) is 0 Å². The number of nitriles is 1. The van der Waals surface area contributed by atoms with E-state index in [1.54, 1.807) is 0 Å². The van der Waals surface area contributed by atoms with Gasteiger partial charge in [-0.15, -0.1) is 0 Å². The van der Waals surface area contributed by atoms with E-state index in [4.69, 9.17) is 5.26 Å². The van der Waals surface area contributed by atoms with Crippen molar-refractivity contribution < 1.29 is 8.42 Å². The van der Waals surface area contributed by atoms with Crippen molar-refractivity contribution in [2.45, 2.75) is 32.2 Å². The first kappa shape index (κ1) is 12.5. The fraction of sp³-hybridized carbons (Fsp3) is 0.900. The van der Waals surface area contributed by atoms with Crippen LogP contribution in [-0.2, 0) is 9.84 Å². The summed E-state index contributed by atoms with van der Waals surface area (Å²) in [5.41, 5.74) is 0. The molecule has 1 fully saturated rings. The van der Waals surface area contributed by atoms with Gasteiger partial charge >= 0.3 is 0 Å². The Bertz CT molecular complexity index is 332. The van der Waals surface area contributed by atoms with Gasteiger partial charge in [0.05, 0.1) is 17.9 Å². The summed E-state index contributed by atoms with van der Waals surface area (Å²) in [5.74, 6) is 0.455. The quantitative estimate of drug-likeness (QED) is 0.701. The zero-order valence-electron chi connectivity index (χ0n) is 9.15. The molecule has 1 aliphatic rings. The highest BCUT2D eigenvalue weighted by atomic mass is 32.2. The summed E-state index contributed by atoms with van der Waals surface area (Å²) in [6.07, 6.45) is 2.56. The molecule has 0 aromatic rings. The average molecular weight is 230 g/mol. The molecule has 0 saturated carbocycles. The van der Waals surface area contributed by atoms with Gasteiger partial charge in [-0.3, -0.25) is 4.90 Å². The maximum atomic E-state index is 11.5. The molecular weight excluding hydrogens is 212 g/mol. The summed E-state index contributed by atoms with van der Waals surface area (Å²) in [5, 5.41) is 8.83. The van der Waals surface area contributed by atoms with E-state index in [1.165, 1.54) is 0 Å². The van der Waals surface area contributed by atoms with Crippen LogP contribution in [0.15, 0.2) is 0 Å². The first-order valence-electron chi connectivity index (χ1n) is 5.43. The van der Waals surface area contributed by atoms with Crippen LogP contribution in [0.4, 0.5) is 0 Å². The molecule has 0 aliphatic carbocycles. The lowest BCUT2D eigenvalue weighted by atomic mass is 10.2. The molecule has 15 heavy (non-hydrogen) atoms. The molecule has 5 heteroatoms. The monoisotopic (exact) mass is 230 g/mol. The molecule has 1 unspecified atom stereocenters. The van der Waals surface area contributed by atoms with Gasteiger partial charge in [0.25, 0.3) is 0 Å².